The largest absolute Gasteiger partial charge is 0.325 e. The smallest absolute Gasteiger partial charge is 0.273 e. The van der Waals surface area contributed by atoms with Crippen molar-refractivity contribution in [2.75, 3.05) is 10.6 Å². The van der Waals surface area contributed by atoms with Crippen LogP contribution in [0, 0.1) is 11.3 Å². The van der Waals surface area contributed by atoms with E-state index in [1.54, 1.807) is 24.4 Å². The standard InChI is InChI=1S/C22H21F2N5O2/c1-3-22(23,24)14-5-4-6-15(11-14)28-20(30)19(13(2)25)21(31)29-16-7-8-17-18(12-16)27-10-9-26-17/h4-12,19,25H,3H2,1-2H3,(H,28,30)(H,29,31). The molecule has 0 fully saturated rings. The lowest BCUT2D eigenvalue weighted by Crippen LogP contribution is -2.38. The minimum atomic E-state index is -3.03. The third kappa shape index (κ3) is 5.06. The molecule has 0 aliphatic heterocycles. The van der Waals surface area contributed by atoms with Crippen LogP contribution in [0.4, 0.5) is 20.2 Å². The zero-order valence-electron chi connectivity index (χ0n) is 16.9. The van der Waals surface area contributed by atoms with E-state index in [-0.39, 0.29) is 23.4 Å². The lowest BCUT2D eigenvalue weighted by atomic mass is 10.0. The van der Waals surface area contributed by atoms with Crippen molar-refractivity contribution in [1.29, 1.82) is 5.41 Å². The van der Waals surface area contributed by atoms with E-state index in [1.165, 1.54) is 38.2 Å². The number of rotatable bonds is 7. The first-order chi connectivity index (χ1) is 14.7. The van der Waals surface area contributed by atoms with E-state index < -0.39 is 23.7 Å². The number of alkyl halides is 2. The number of hydrogen-bond acceptors (Lipinski definition) is 5. The molecule has 2 aromatic carbocycles. The molecule has 0 saturated carbocycles. The number of fused-ring (bicyclic) bond motifs is 1. The highest BCUT2D eigenvalue weighted by molar-refractivity contribution is 6.24. The van der Waals surface area contributed by atoms with Gasteiger partial charge < -0.3 is 16.0 Å². The third-order valence-electron chi connectivity index (χ3n) is 4.69. The molecule has 3 aromatic rings. The Morgan fingerprint density at radius 3 is 2.23 bits per heavy atom. The molecule has 0 saturated heterocycles. The quantitative estimate of drug-likeness (QED) is 0.386. The zero-order chi connectivity index (χ0) is 22.6. The summed E-state index contributed by atoms with van der Waals surface area (Å²) in [6.45, 7) is 2.69. The SMILES string of the molecule is CCC(F)(F)c1cccc(NC(=O)C(C(C)=N)C(=O)Nc2ccc3nccnc3c2)c1. The summed E-state index contributed by atoms with van der Waals surface area (Å²) in [5, 5.41) is 12.9. The number of benzene rings is 2. The number of anilines is 2. The summed E-state index contributed by atoms with van der Waals surface area (Å²) in [6.07, 6.45) is 2.68. The number of nitrogens with zero attached hydrogens (tertiary/aromatic N) is 2. The number of nitrogens with one attached hydrogen (secondary N) is 3. The normalized spacial score (nSPS) is 12.3. The fourth-order valence-electron chi connectivity index (χ4n) is 3.01. The van der Waals surface area contributed by atoms with Crippen molar-refractivity contribution in [3.05, 3.63) is 60.4 Å². The summed E-state index contributed by atoms with van der Waals surface area (Å²) in [5.41, 5.74) is 1.28. The van der Waals surface area contributed by atoms with Gasteiger partial charge in [0.15, 0.2) is 5.92 Å². The second-order valence-corrected chi connectivity index (χ2v) is 6.99. The molecule has 9 heteroatoms. The number of halogens is 2. The van der Waals surface area contributed by atoms with Gasteiger partial charge in [-0.25, -0.2) is 8.78 Å². The molecule has 0 aliphatic rings. The number of carbonyl (C=O) groups is 2. The van der Waals surface area contributed by atoms with Gasteiger partial charge in [0.05, 0.1) is 11.0 Å². The third-order valence-corrected chi connectivity index (χ3v) is 4.69. The maximum atomic E-state index is 14.0. The summed E-state index contributed by atoms with van der Waals surface area (Å²) >= 11 is 0. The number of amides is 2. The molecule has 0 bridgehead atoms. The van der Waals surface area contributed by atoms with Gasteiger partial charge in [-0.3, -0.25) is 19.6 Å². The lowest BCUT2D eigenvalue weighted by Gasteiger charge is -2.18. The topological polar surface area (TPSA) is 108 Å². The van der Waals surface area contributed by atoms with Gasteiger partial charge in [-0.1, -0.05) is 19.1 Å². The van der Waals surface area contributed by atoms with Crippen LogP contribution in [-0.4, -0.2) is 27.5 Å². The van der Waals surface area contributed by atoms with Crippen LogP contribution in [0.25, 0.3) is 11.0 Å². The average molecular weight is 425 g/mol. The molecule has 1 unspecified atom stereocenters. The first kappa shape index (κ1) is 21.9. The summed E-state index contributed by atoms with van der Waals surface area (Å²) in [6, 6.07) is 10.2. The maximum Gasteiger partial charge on any atom is 0.273 e. The van der Waals surface area contributed by atoms with Gasteiger partial charge in [0.2, 0.25) is 11.8 Å². The van der Waals surface area contributed by atoms with Crippen molar-refractivity contribution >= 4 is 39.9 Å². The first-order valence-corrected chi connectivity index (χ1v) is 9.57. The van der Waals surface area contributed by atoms with Crippen LogP contribution in [0.15, 0.2) is 54.9 Å². The Labute approximate surface area is 177 Å². The highest BCUT2D eigenvalue weighted by atomic mass is 19.3. The maximum absolute atomic E-state index is 14.0. The average Bonchev–Trinajstić information content (AvgIpc) is 2.73. The molecule has 7 nitrogen and oxygen atoms in total. The van der Waals surface area contributed by atoms with E-state index in [1.807, 2.05) is 0 Å². The molecule has 3 rings (SSSR count). The fraction of sp³-hybridized carbons (Fsp3) is 0.227. The van der Waals surface area contributed by atoms with Crippen molar-refractivity contribution in [2.24, 2.45) is 5.92 Å². The number of aromatic nitrogens is 2. The Hall–Kier alpha value is -3.75. The minimum absolute atomic E-state index is 0.121. The number of carbonyl (C=O) groups excluding carboxylic acids is 2. The monoisotopic (exact) mass is 425 g/mol. The second kappa shape index (κ2) is 8.95. The van der Waals surface area contributed by atoms with Crippen LogP contribution >= 0.6 is 0 Å². The van der Waals surface area contributed by atoms with Crippen molar-refractivity contribution in [1.82, 2.24) is 9.97 Å². The molecular weight excluding hydrogens is 404 g/mol. The molecule has 0 spiro atoms. The van der Waals surface area contributed by atoms with E-state index in [0.717, 1.165) is 6.07 Å². The van der Waals surface area contributed by atoms with Gasteiger partial charge in [0, 0.05) is 41.5 Å². The lowest BCUT2D eigenvalue weighted by molar-refractivity contribution is -0.126. The Bertz CT molecular complexity index is 1150. The van der Waals surface area contributed by atoms with Crippen LogP contribution < -0.4 is 10.6 Å². The Morgan fingerprint density at radius 1 is 1.00 bits per heavy atom. The molecule has 1 atom stereocenters. The minimum Gasteiger partial charge on any atom is -0.325 e. The van der Waals surface area contributed by atoms with E-state index in [4.69, 9.17) is 5.41 Å². The molecule has 2 amide bonds. The predicted molar refractivity (Wildman–Crippen MR) is 114 cm³/mol. The summed E-state index contributed by atoms with van der Waals surface area (Å²) in [5.74, 6) is -5.98. The van der Waals surface area contributed by atoms with Crippen molar-refractivity contribution in [2.45, 2.75) is 26.2 Å². The van der Waals surface area contributed by atoms with Crippen LogP contribution in [0.2, 0.25) is 0 Å². The van der Waals surface area contributed by atoms with Gasteiger partial charge in [-0.05, 0) is 37.3 Å². The summed E-state index contributed by atoms with van der Waals surface area (Å²) < 4.78 is 27.9. The van der Waals surface area contributed by atoms with E-state index in [9.17, 15) is 18.4 Å². The molecular formula is C22H21F2N5O2. The summed E-state index contributed by atoms with van der Waals surface area (Å²) in [4.78, 5) is 33.7. The molecule has 3 N–H and O–H groups in total. The predicted octanol–water partition coefficient (Wildman–Crippen LogP) is 4.36. The van der Waals surface area contributed by atoms with Crippen molar-refractivity contribution < 1.29 is 18.4 Å². The Balaban J connectivity index is 1.77. The molecule has 0 radical (unpaired) electrons. The highest BCUT2D eigenvalue weighted by Crippen LogP contribution is 2.32. The highest BCUT2D eigenvalue weighted by Gasteiger charge is 2.31. The van der Waals surface area contributed by atoms with Crippen LogP contribution in [0.5, 0.6) is 0 Å². The molecule has 31 heavy (non-hydrogen) atoms. The van der Waals surface area contributed by atoms with Crippen LogP contribution in [-0.2, 0) is 15.5 Å². The van der Waals surface area contributed by atoms with Crippen LogP contribution in [0.1, 0.15) is 25.8 Å². The van der Waals surface area contributed by atoms with Crippen molar-refractivity contribution in [3.63, 3.8) is 0 Å². The molecule has 0 aliphatic carbocycles. The van der Waals surface area contributed by atoms with Crippen LogP contribution in [0.3, 0.4) is 0 Å². The van der Waals surface area contributed by atoms with Gasteiger partial charge >= 0.3 is 0 Å². The molecule has 160 valence electrons. The second-order valence-electron chi connectivity index (χ2n) is 6.99. The van der Waals surface area contributed by atoms with E-state index in [2.05, 4.69) is 20.6 Å². The summed E-state index contributed by atoms with van der Waals surface area (Å²) in [7, 11) is 0. The van der Waals surface area contributed by atoms with Gasteiger partial charge in [0.1, 0.15) is 0 Å². The van der Waals surface area contributed by atoms with Gasteiger partial charge in [-0.2, -0.15) is 0 Å². The van der Waals surface area contributed by atoms with E-state index in [0.29, 0.717) is 16.7 Å². The van der Waals surface area contributed by atoms with E-state index >= 15 is 0 Å². The molecule has 1 heterocycles. The number of hydrogen-bond donors (Lipinski definition) is 3. The van der Waals surface area contributed by atoms with Gasteiger partial charge in [-0.15, -0.1) is 0 Å². The fourth-order valence-corrected chi connectivity index (χ4v) is 3.01. The first-order valence-electron chi connectivity index (χ1n) is 9.57. The van der Waals surface area contributed by atoms with Gasteiger partial charge in [0.25, 0.3) is 5.92 Å². The Kier molecular flexibility index (Phi) is 6.33. The zero-order valence-corrected chi connectivity index (χ0v) is 16.9. The Morgan fingerprint density at radius 2 is 1.61 bits per heavy atom. The molecule has 1 aromatic heterocycles. The van der Waals surface area contributed by atoms with Crippen molar-refractivity contribution in [3.8, 4) is 0 Å².